The fourth-order valence-electron chi connectivity index (χ4n) is 3.05. The number of hydrogen-bond donors (Lipinski definition) is 1. The number of carbonyl (C=O) groups is 1. The van der Waals surface area contributed by atoms with E-state index in [1.165, 1.54) is 16.7 Å². The quantitative estimate of drug-likeness (QED) is 0.469. The molecule has 0 fully saturated rings. The van der Waals surface area contributed by atoms with Crippen LogP contribution in [-0.2, 0) is 4.79 Å². The smallest absolute Gasteiger partial charge is 0.273 e. The molecule has 0 aliphatic rings. The van der Waals surface area contributed by atoms with Crippen molar-refractivity contribution >= 4 is 57.8 Å². The highest BCUT2D eigenvalue weighted by Crippen LogP contribution is 2.25. The third-order valence-corrected chi connectivity index (χ3v) is 6.19. The van der Waals surface area contributed by atoms with Crippen LogP contribution in [0.1, 0.15) is 5.56 Å². The summed E-state index contributed by atoms with van der Waals surface area (Å²) in [6.07, 6.45) is 4.93. The lowest BCUT2D eigenvalue weighted by Gasteiger charge is -2.07. The Balaban J connectivity index is 1.94. The summed E-state index contributed by atoms with van der Waals surface area (Å²) in [6.45, 7) is 0. The molecule has 4 rings (SSSR count). The molecule has 2 aromatic heterocycles. The van der Waals surface area contributed by atoms with Gasteiger partial charge in [-0.15, -0.1) is 11.3 Å². The van der Waals surface area contributed by atoms with Gasteiger partial charge in [-0.05, 0) is 48.0 Å². The molecule has 0 spiro atoms. The summed E-state index contributed by atoms with van der Waals surface area (Å²) in [7, 11) is 0. The number of anilines is 1. The van der Waals surface area contributed by atoms with Gasteiger partial charge >= 0.3 is 0 Å². The average molecular weight is 493 g/mol. The number of nitriles is 1. The summed E-state index contributed by atoms with van der Waals surface area (Å²) in [4.78, 5) is 30.4. The Hall–Kier alpha value is -3.70. The molecule has 0 atom stereocenters. The van der Waals surface area contributed by atoms with Crippen molar-refractivity contribution in [1.82, 2.24) is 9.55 Å². The largest absolute Gasteiger partial charge is 0.320 e. The maximum Gasteiger partial charge on any atom is 0.273 e. The lowest BCUT2D eigenvalue weighted by Crippen LogP contribution is -2.32. The number of para-hydroxylation sites is 1. The van der Waals surface area contributed by atoms with Crippen LogP contribution < -0.4 is 20.1 Å². The Bertz CT molecular complexity index is 1560. The van der Waals surface area contributed by atoms with Crippen molar-refractivity contribution in [2.24, 2.45) is 0 Å². The Morgan fingerprint density at radius 2 is 1.91 bits per heavy atom. The monoisotopic (exact) mass is 492 g/mol. The lowest BCUT2D eigenvalue weighted by molar-refractivity contribution is -0.111. The molecule has 33 heavy (non-hydrogen) atoms. The normalized spacial score (nSPS) is 12.2. The second kappa shape index (κ2) is 9.84. The van der Waals surface area contributed by atoms with E-state index in [2.05, 4.69) is 10.3 Å². The van der Waals surface area contributed by atoms with Crippen molar-refractivity contribution in [1.29, 1.82) is 5.26 Å². The average Bonchev–Trinajstić information content (AvgIpc) is 3.13. The van der Waals surface area contributed by atoms with Crippen molar-refractivity contribution in [2.75, 3.05) is 5.32 Å². The number of benzene rings is 2. The summed E-state index contributed by atoms with van der Waals surface area (Å²) < 4.78 is 1.91. The number of pyridine rings is 1. The second-order valence-electron chi connectivity index (χ2n) is 6.74. The van der Waals surface area contributed by atoms with Gasteiger partial charge in [0.25, 0.3) is 11.5 Å². The Morgan fingerprint density at radius 3 is 2.58 bits per heavy atom. The Morgan fingerprint density at radius 1 is 1.12 bits per heavy atom. The van der Waals surface area contributed by atoms with E-state index >= 15 is 0 Å². The second-order valence-corrected chi connectivity index (χ2v) is 8.62. The van der Waals surface area contributed by atoms with Gasteiger partial charge in [0.1, 0.15) is 10.7 Å². The Labute approximate surface area is 202 Å². The van der Waals surface area contributed by atoms with Crippen LogP contribution in [0.25, 0.3) is 17.3 Å². The summed E-state index contributed by atoms with van der Waals surface area (Å²) in [6, 6.07) is 18.9. The molecule has 0 saturated heterocycles. The van der Waals surface area contributed by atoms with Crippen LogP contribution in [0.5, 0.6) is 0 Å². The van der Waals surface area contributed by atoms with Gasteiger partial charge in [-0.3, -0.25) is 19.1 Å². The van der Waals surface area contributed by atoms with Crippen LogP contribution >= 0.6 is 34.5 Å². The molecule has 9 heteroatoms. The standard InChI is InChI=1S/C24H14Cl2N4O2S/c25-16-8-9-20(19(26)12-16)29-22(31)18(13-27)24-30(17-6-2-1-3-7-17)23(32)21(33-24)11-15-5-4-10-28-14-15/h1-12,14H,(H,29,31)/b21-11+,24-18-. The van der Waals surface area contributed by atoms with Crippen molar-refractivity contribution < 1.29 is 4.79 Å². The van der Waals surface area contributed by atoms with Crippen LogP contribution in [0.4, 0.5) is 5.69 Å². The van der Waals surface area contributed by atoms with E-state index in [4.69, 9.17) is 23.2 Å². The van der Waals surface area contributed by atoms with Gasteiger partial charge in [0.15, 0.2) is 5.57 Å². The molecule has 2 heterocycles. The highest BCUT2D eigenvalue weighted by Gasteiger charge is 2.18. The number of nitrogens with one attached hydrogen (secondary N) is 1. The zero-order valence-electron chi connectivity index (χ0n) is 16.8. The van der Waals surface area contributed by atoms with Crippen molar-refractivity contribution in [3.05, 3.63) is 108 Å². The molecule has 0 bridgehead atoms. The number of halogens is 2. The predicted molar refractivity (Wildman–Crippen MR) is 131 cm³/mol. The molecule has 0 aliphatic heterocycles. The van der Waals surface area contributed by atoms with E-state index in [1.807, 2.05) is 18.2 Å². The molecular weight excluding hydrogens is 479 g/mol. The van der Waals surface area contributed by atoms with Crippen LogP contribution in [0.2, 0.25) is 10.0 Å². The predicted octanol–water partition coefficient (Wildman–Crippen LogP) is 3.74. The topological polar surface area (TPSA) is 87.8 Å². The van der Waals surface area contributed by atoms with Gasteiger partial charge in [0.2, 0.25) is 0 Å². The van der Waals surface area contributed by atoms with Crippen LogP contribution in [0.3, 0.4) is 0 Å². The molecule has 0 saturated carbocycles. The van der Waals surface area contributed by atoms with E-state index in [-0.39, 0.29) is 20.8 Å². The number of carbonyl (C=O) groups excluding carboxylic acids is 1. The summed E-state index contributed by atoms with van der Waals surface area (Å²) in [5, 5.41) is 13.1. The maximum absolute atomic E-state index is 13.3. The van der Waals surface area contributed by atoms with Gasteiger partial charge < -0.3 is 5.32 Å². The van der Waals surface area contributed by atoms with Gasteiger partial charge in [-0.2, -0.15) is 5.26 Å². The first-order valence-electron chi connectivity index (χ1n) is 9.58. The first-order chi connectivity index (χ1) is 16.0. The first-order valence-corrected chi connectivity index (χ1v) is 11.1. The van der Waals surface area contributed by atoms with Gasteiger partial charge in [0, 0.05) is 17.4 Å². The zero-order valence-corrected chi connectivity index (χ0v) is 19.2. The summed E-state index contributed by atoms with van der Waals surface area (Å²) >= 11 is 13.1. The molecule has 2 aromatic carbocycles. The van der Waals surface area contributed by atoms with Gasteiger partial charge in [-0.1, -0.05) is 47.5 Å². The summed E-state index contributed by atoms with van der Waals surface area (Å²) in [5.41, 5.74) is 0.974. The summed E-state index contributed by atoms with van der Waals surface area (Å²) in [5.74, 6) is -0.694. The first kappa shape index (κ1) is 22.5. The number of rotatable bonds is 4. The van der Waals surface area contributed by atoms with Gasteiger partial charge in [0.05, 0.1) is 20.9 Å². The third-order valence-electron chi connectivity index (χ3n) is 4.55. The molecule has 6 nitrogen and oxygen atoms in total. The molecule has 4 aromatic rings. The minimum Gasteiger partial charge on any atom is -0.320 e. The van der Waals surface area contributed by atoms with Crippen LogP contribution in [-0.4, -0.2) is 15.5 Å². The number of thiazole rings is 1. The molecule has 0 aliphatic carbocycles. The van der Waals surface area contributed by atoms with Gasteiger partial charge in [-0.25, -0.2) is 0 Å². The maximum atomic E-state index is 13.3. The van der Waals surface area contributed by atoms with E-state index in [0.29, 0.717) is 20.9 Å². The van der Waals surface area contributed by atoms with E-state index in [1.54, 1.807) is 54.9 Å². The highest BCUT2D eigenvalue weighted by atomic mass is 35.5. The van der Waals surface area contributed by atoms with Crippen molar-refractivity contribution in [2.45, 2.75) is 0 Å². The fourth-order valence-corrected chi connectivity index (χ4v) is 4.60. The zero-order chi connectivity index (χ0) is 23.4. The SMILES string of the molecule is N#C/C(C(=O)Nc1ccc(Cl)cc1Cl)=c1/s/c(=C/c2cccnc2)c(=O)n1-c1ccccc1. The molecular formula is C24H14Cl2N4O2S. The fraction of sp³-hybridized carbons (Fsp3) is 0. The number of aromatic nitrogens is 2. The molecule has 0 unspecified atom stereocenters. The third kappa shape index (κ3) is 4.89. The number of hydrogen-bond acceptors (Lipinski definition) is 5. The van der Waals surface area contributed by atoms with E-state index < -0.39 is 5.91 Å². The molecule has 0 radical (unpaired) electrons. The van der Waals surface area contributed by atoms with Crippen LogP contribution in [0, 0.1) is 11.3 Å². The highest BCUT2D eigenvalue weighted by molar-refractivity contribution is 7.07. The minimum atomic E-state index is -0.694. The van der Waals surface area contributed by atoms with Crippen molar-refractivity contribution in [3.8, 4) is 11.8 Å². The lowest BCUT2D eigenvalue weighted by atomic mass is 10.2. The molecule has 1 amide bonds. The minimum absolute atomic E-state index is 0.200. The van der Waals surface area contributed by atoms with E-state index in [0.717, 1.165) is 16.9 Å². The number of nitrogens with zero attached hydrogens (tertiary/aromatic N) is 3. The molecule has 162 valence electrons. The molecule has 1 N–H and O–H groups in total. The Kier molecular flexibility index (Phi) is 6.71. The van der Waals surface area contributed by atoms with Crippen molar-refractivity contribution in [3.63, 3.8) is 0 Å². The van der Waals surface area contributed by atoms with Crippen LogP contribution in [0.15, 0.2) is 77.9 Å². The van der Waals surface area contributed by atoms with E-state index in [9.17, 15) is 14.9 Å². The number of amides is 1.